The summed E-state index contributed by atoms with van der Waals surface area (Å²) in [5.41, 5.74) is 1.09. The summed E-state index contributed by atoms with van der Waals surface area (Å²) in [5, 5.41) is 0. The zero-order valence-electron chi connectivity index (χ0n) is 14.4. The number of amides is 1. The second-order valence-electron chi connectivity index (χ2n) is 5.66. The predicted molar refractivity (Wildman–Crippen MR) is 93.5 cm³/mol. The van der Waals surface area contributed by atoms with Crippen LogP contribution in [-0.2, 0) is 9.47 Å². The Morgan fingerprint density at radius 3 is 2.61 bits per heavy atom. The van der Waals surface area contributed by atoms with E-state index in [1.54, 1.807) is 4.90 Å². The summed E-state index contributed by atoms with van der Waals surface area (Å²) in [6, 6.07) is 7.85. The molecule has 1 heterocycles. The highest BCUT2D eigenvalue weighted by Crippen LogP contribution is 2.39. The normalized spacial score (nSPS) is 19.5. The maximum absolute atomic E-state index is 12.7. The lowest BCUT2D eigenvalue weighted by Gasteiger charge is -2.43. The summed E-state index contributed by atoms with van der Waals surface area (Å²) in [6.07, 6.45) is 7.70. The summed E-state index contributed by atoms with van der Waals surface area (Å²) in [5.74, 6) is 0. The van der Waals surface area contributed by atoms with Crippen LogP contribution in [-0.4, -0.2) is 25.0 Å². The van der Waals surface area contributed by atoms with Crippen molar-refractivity contribution in [1.82, 2.24) is 0 Å². The molecule has 4 heteroatoms. The molecule has 1 aromatic rings. The van der Waals surface area contributed by atoms with Gasteiger partial charge in [-0.25, -0.2) is 9.69 Å². The van der Waals surface area contributed by atoms with Crippen molar-refractivity contribution < 1.29 is 14.3 Å². The zero-order chi connectivity index (χ0) is 16.7. The molecule has 1 amide bonds. The van der Waals surface area contributed by atoms with Crippen LogP contribution in [0.4, 0.5) is 10.5 Å². The molecule has 0 spiro atoms. The van der Waals surface area contributed by atoms with Crippen LogP contribution < -0.4 is 4.90 Å². The number of ether oxygens (including phenoxy) is 2. The number of hydrogen-bond donors (Lipinski definition) is 0. The fourth-order valence-corrected chi connectivity index (χ4v) is 3.03. The standard InChI is InChI=1S/C19H27NO3/c1-4-7-10-14-19(23-6-3)15-13-16-11-8-9-12-17(16)20(19)18(21)22-5-2/h8-9,11-13,15H,4-7,10,14H2,1-3H3. The van der Waals surface area contributed by atoms with Gasteiger partial charge in [0.1, 0.15) is 0 Å². The summed E-state index contributed by atoms with van der Waals surface area (Å²) >= 11 is 0. The minimum atomic E-state index is -0.759. The Morgan fingerprint density at radius 1 is 1.13 bits per heavy atom. The highest BCUT2D eigenvalue weighted by atomic mass is 16.6. The Balaban J connectivity index is 2.43. The molecule has 1 unspecified atom stereocenters. The molecule has 0 aliphatic carbocycles. The third-order valence-corrected chi connectivity index (χ3v) is 4.06. The molecule has 1 aromatic carbocycles. The first-order valence-corrected chi connectivity index (χ1v) is 8.57. The van der Waals surface area contributed by atoms with Crippen LogP contribution in [0.25, 0.3) is 6.08 Å². The molecule has 1 aliphatic rings. The molecule has 0 saturated heterocycles. The molecule has 0 fully saturated rings. The van der Waals surface area contributed by atoms with Gasteiger partial charge >= 0.3 is 6.09 Å². The van der Waals surface area contributed by atoms with Crippen LogP contribution in [0, 0.1) is 0 Å². The summed E-state index contributed by atoms with van der Waals surface area (Å²) in [4.78, 5) is 14.4. The monoisotopic (exact) mass is 317 g/mol. The highest BCUT2D eigenvalue weighted by Gasteiger charge is 2.42. The summed E-state index contributed by atoms with van der Waals surface area (Å²) < 4.78 is 11.4. The quantitative estimate of drug-likeness (QED) is 0.665. The first-order valence-electron chi connectivity index (χ1n) is 8.57. The van der Waals surface area contributed by atoms with E-state index < -0.39 is 5.72 Å². The van der Waals surface area contributed by atoms with E-state index in [9.17, 15) is 4.79 Å². The Kier molecular flexibility index (Phi) is 6.22. The van der Waals surface area contributed by atoms with Gasteiger partial charge in [-0.2, -0.15) is 0 Å². The number of fused-ring (bicyclic) bond motifs is 1. The van der Waals surface area contributed by atoms with Gasteiger partial charge in [0.15, 0.2) is 5.72 Å². The molecule has 2 rings (SSSR count). The van der Waals surface area contributed by atoms with E-state index in [2.05, 4.69) is 6.92 Å². The topological polar surface area (TPSA) is 38.8 Å². The molecule has 1 atom stereocenters. The smallest absolute Gasteiger partial charge is 0.416 e. The largest absolute Gasteiger partial charge is 0.449 e. The van der Waals surface area contributed by atoms with E-state index in [4.69, 9.17) is 9.47 Å². The Labute approximate surface area is 139 Å². The maximum atomic E-state index is 12.7. The number of carbonyl (C=O) groups is 1. The van der Waals surface area contributed by atoms with Crippen LogP contribution in [0.2, 0.25) is 0 Å². The van der Waals surface area contributed by atoms with Crippen molar-refractivity contribution in [3.05, 3.63) is 35.9 Å². The first kappa shape index (κ1) is 17.5. The Hall–Kier alpha value is -1.81. The number of para-hydroxylation sites is 1. The van der Waals surface area contributed by atoms with Gasteiger partial charge in [-0.05, 0) is 44.4 Å². The minimum Gasteiger partial charge on any atom is -0.449 e. The molecule has 126 valence electrons. The predicted octanol–water partition coefficient (Wildman–Crippen LogP) is 4.99. The van der Waals surface area contributed by atoms with Crippen LogP contribution in [0.1, 0.15) is 52.0 Å². The van der Waals surface area contributed by atoms with Crippen molar-refractivity contribution in [2.24, 2.45) is 0 Å². The molecular formula is C19H27NO3. The van der Waals surface area contributed by atoms with Crippen molar-refractivity contribution in [3.8, 4) is 0 Å². The van der Waals surface area contributed by atoms with E-state index in [-0.39, 0.29) is 6.09 Å². The van der Waals surface area contributed by atoms with Gasteiger partial charge in [-0.3, -0.25) is 0 Å². The second kappa shape index (κ2) is 8.16. The molecular weight excluding hydrogens is 290 g/mol. The third kappa shape index (κ3) is 3.75. The van der Waals surface area contributed by atoms with Crippen LogP contribution in [0.15, 0.2) is 30.3 Å². The van der Waals surface area contributed by atoms with E-state index in [1.165, 1.54) is 0 Å². The fraction of sp³-hybridized carbons (Fsp3) is 0.526. The van der Waals surface area contributed by atoms with Crippen LogP contribution in [0.3, 0.4) is 0 Å². The number of nitrogens with zero attached hydrogens (tertiary/aromatic N) is 1. The van der Waals surface area contributed by atoms with Gasteiger partial charge in [-0.15, -0.1) is 0 Å². The molecule has 0 bridgehead atoms. The number of unbranched alkanes of at least 4 members (excludes halogenated alkanes) is 2. The molecule has 0 aromatic heterocycles. The molecule has 0 radical (unpaired) electrons. The summed E-state index contributed by atoms with van der Waals surface area (Å²) in [6.45, 7) is 6.83. The minimum absolute atomic E-state index is 0.346. The van der Waals surface area contributed by atoms with Gasteiger partial charge in [0.25, 0.3) is 0 Å². The fourth-order valence-electron chi connectivity index (χ4n) is 3.03. The molecule has 4 nitrogen and oxygen atoms in total. The summed E-state index contributed by atoms with van der Waals surface area (Å²) in [7, 11) is 0. The van der Waals surface area contributed by atoms with Gasteiger partial charge in [-0.1, -0.05) is 44.0 Å². The lowest BCUT2D eigenvalue weighted by Crippen LogP contribution is -2.54. The highest BCUT2D eigenvalue weighted by molar-refractivity contribution is 5.94. The first-order chi connectivity index (χ1) is 11.2. The lowest BCUT2D eigenvalue weighted by molar-refractivity contribution is -0.0113. The van der Waals surface area contributed by atoms with Crippen molar-refractivity contribution in [1.29, 1.82) is 0 Å². The van der Waals surface area contributed by atoms with Gasteiger partial charge < -0.3 is 9.47 Å². The second-order valence-corrected chi connectivity index (χ2v) is 5.66. The molecule has 1 aliphatic heterocycles. The van der Waals surface area contributed by atoms with Crippen molar-refractivity contribution in [3.63, 3.8) is 0 Å². The van der Waals surface area contributed by atoms with Crippen molar-refractivity contribution in [2.45, 2.75) is 52.2 Å². The number of anilines is 1. The lowest BCUT2D eigenvalue weighted by atomic mass is 9.95. The van der Waals surface area contributed by atoms with Crippen LogP contribution >= 0.6 is 0 Å². The zero-order valence-corrected chi connectivity index (χ0v) is 14.4. The van der Waals surface area contributed by atoms with Gasteiger partial charge in [0.2, 0.25) is 0 Å². The Bertz CT molecular complexity index is 555. The maximum Gasteiger partial charge on any atom is 0.416 e. The molecule has 23 heavy (non-hydrogen) atoms. The van der Waals surface area contributed by atoms with E-state index in [1.807, 2.05) is 50.3 Å². The van der Waals surface area contributed by atoms with Gasteiger partial charge in [0.05, 0.1) is 12.3 Å². The average molecular weight is 317 g/mol. The van der Waals surface area contributed by atoms with E-state index in [0.717, 1.165) is 36.9 Å². The Morgan fingerprint density at radius 2 is 1.91 bits per heavy atom. The molecule has 0 saturated carbocycles. The van der Waals surface area contributed by atoms with Gasteiger partial charge in [0, 0.05) is 6.61 Å². The van der Waals surface area contributed by atoms with E-state index >= 15 is 0 Å². The SMILES string of the molecule is CCCCCC1(OCC)C=Cc2ccccc2N1C(=O)OCC. The number of hydrogen-bond acceptors (Lipinski definition) is 3. The van der Waals surface area contributed by atoms with Crippen molar-refractivity contribution in [2.75, 3.05) is 18.1 Å². The van der Waals surface area contributed by atoms with Crippen LogP contribution in [0.5, 0.6) is 0 Å². The van der Waals surface area contributed by atoms with E-state index in [0.29, 0.717) is 13.2 Å². The third-order valence-electron chi connectivity index (χ3n) is 4.06. The number of carbonyl (C=O) groups excluding carboxylic acids is 1. The average Bonchev–Trinajstić information content (AvgIpc) is 2.55. The molecule has 0 N–H and O–H groups in total. The van der Waals surface area contributed by atoms with Crippen molar-refractivity contribution >= 4 is 17.9 Å². The number of rotatable bonds is 7. The number of benzene rings is 1.